The van der Waals surface area contributed by atoms with Crippen LogP contribution in [-0.2, 0) is 9.59 Å². The van der Waals surface area contributed by atoms with E-state index in [1.54, 1.807) is 11.9 Å². The molecular formula is C20H22F3N3O2. The van der Waals surface area contributed by atoms with Crippen molar-refractivity contribution in [1.82, 2.24) is 4.90 Å². The molecule has 0 aliphatic rings. The van der Waals surface area contributed by atoms with E-state index in [1.807, 2.05) is 37.3 Å². The standard InChI is InChI=1S/C20H22F3N3O2/c1-3-11-26(18(28)13-25(2)14-7-5-4-6-8-14)12-17(27)24-16-10-9-15(21)19(22)20(16)23/h4-10H,3,11-13H2,1-2H3,(H,24,27). The van der Waals surface area contributed by atoms with Gasteiger partial charge in [0.05, 0.1) is 18.8 Å². The van der Waals surface area contributed by atoms with Crippen molar-refractivity contribution in [1.29, 1.82) is 0 Å². The number of halogens is 3. The van der Waals surface area contributed by atoms with Gasteiger partial charge in [0.25, 0.3) is 0 Å². The summed E-state index contributed by atoms with van der Waals surface area (Å²) in [7, 11) is 1.76. The van der Waals surface area contributed by atoms with Gasteiger partial charge in [-0.05, 0) is 30.7 Å². The summed E-state index contributed by atoms with van der Waals surface area (Å²) >= 11 is 0. The van der Waals surface area contributed by atoms with Gasteiger partial charge in [0, 0.05) is 19.3 Å². The number of nitrogens with zero attached hydrogens (tertiary/aromatic N) is 2. The van der Waals surface area contributed by atoms with Gasteiger partial charge in [0.1, 0.15) is 0 Å². The Morgan fingerprint density at radius 3 is 2.29 bits per heavy atom. The van der Waals surface area contributed by atoms with Gasteiger partial charge in [-0.2, -0.15) is 0 Å². The lowest BCUT2D eigenvalue weighted by atomic mass is 10.2. The summed E-state index contributed by atoms with van der Waals surface area (Å²) in [4.78, 5) is 27.9. The maximum atomic E-state index is 13.7. The second kappa shape index (κ2) is 9.77. The van der Waals surface area contributed by atoms with Crippen molar-refractivity contribution in [2.75, 3.05) is 36.9 Å². The minimum atomic E-state index is -1.66. The maximum Gasteiger partial charge on any atom is 0.244 e. The molecule has 0 bridgehead atoms. The van der Waals surface area contributed by atoms with Gasteiger partial charge in [0.2, 0.25) is 11.8 Å². The van der Waals surface area contributed by atoms with Gasteiger partial charge in [-0.1, -0.05) is 25.1 Å². The number of nitrogens with one attached hydrogen (secondary N) is 1. The lowest BCUT2D eigenvalue weighted by Gasteiger charge is -2.26. The molecule has 0 saturated carbocycles. The van der Waals surface area contributed by atoms with Crippen molar-refractivity contribution in [3.05, 3.63) is 59.9 Å². The van der Waals surface area contributed by atoms with E-state index in [-0.39, 0.29) is 19.0 Å². The summed E-state index contributed by atoms with van der Waals surface area (Å²) in [6.45, 7) is 1.91. The Morgan fingerprint density at radius 2 is 1.64 bits per heavy atom. The van der Waals surface area contributed by atoms with Crippen LogP contribution in [0.15, 0.2) is 42.5 Å². The first-order chi connectivity index (χ1) is 13.3. The fourth-order valence-electron chi connectivity index (χ4n) is 2.62. The third-order valence-corrected chi connectivity index (χ3v) is 4.06. The smallest absolute Gasteiger partial charge is 0.244 e. The summed E-state index contributed by atoms with van der Waals surface area (Å²) < 4.78 is 40.0. The largest absolute Gasteiger partial charge is 0.365 e. The van der Waals surface area contributed by atoms with E-state index in [1.165, 1.54) is 4.90 Å². The van der Waals surface area contributed by atoms with Crippen LogP contribution in [0.1, 0.15) is 13.3 Å². The third kappa shape index (κ3) is 5.48. The fraction of sp³-hybridized carbons (Fsp3) is 0.300. The van der Waals surface area contributed by atoms with E-state index in [0.29, 0.717) is 13.0 Å². The van der Waals surface area contributed by atoms with E-state index in [2.05, 4.69) is 5.32 Å². The molecule has 0 spiro atoms. The first-order valence-electron chi connectivity index (χ1n) is 8.80. The van der Waals surface area contributed by atoms with Gasteiger partial charge >= 0.3 is 0 Å². The lowest BCUT2D eigenvalue weighted by Crippen LogP contribution is -2.43. The Labute approximate surface area is 161 Å². The van der Waals surface area contributed by atoms with Crippen molar-refractivity contribution in [3.8, 4) is 0 Å². The zero-order valence-electron chi connectivity index (χ0n) is 15.7. The van der Waals surface area contributed by atoms with Crippen molar-refractivity contribution >= 4 is 23.2 Å². The monoisotopic (exact) mass is 393 g/mol. The number of likely N-dealkylation sites (N-methyl/N-ethyl adjacent to an activating group) is 1. The molecule has 2 rings (SSSR count). The molecule has 0 unspecified atom stereocenters. The molecule has 2 amide bonds. The van der Waals surface area contributed by atoms with E-state index in [9.17, 15) is 22.8 Å². The number of rotatable bonds is 8. The zero-order valence-corrected chi connectivity index (χ0v) is 15.7. The summed E-state index contributed by atoms with van der Waals surface area (Å²) in [6, 6.07) is 10.9. The minimum Gasteiger partial charge on any atom is -0.365 e. The zero-order chi connectivity index (χ0) is 20.7. The molecule has 28 heavy (non-hydrogen) atoms. The van der Waals surface area contributed by atoms with Gasteiger partial charge in [0.15, 0.2) is 17.5 Å². The molecule has 2 aromatic rings. The highest BCUT2D eigenvalue weighted by molar-refractivity contribution is 5.95. The Hall–Kier alpha value is -3.03. The number of hydrogen-bond acceptors (Lipinski definition) is 3. The van der Waals surface area contributed by atoms with E-state index < -0.39 is 29.0 Å². The Morgan fingerprint density at radius 1 is 0.964 bits per heavy atom. The van der Waals surface area contributed by atoms with Gasteiger partial charge in [-0.3, -0.25) is 9.59 Å². The molecule has 1 N–H and O–H groups in total. The molecule has 0 atom stereocenters. The SMILES string of the molecule is CCCN(CC(=O)Nc1ccc(F)c(F)c1F)C(=O)CN(C)c1ccccc1. The number of amides is 2. The lowest BCUT2D eigenvalue weighted by molar-refractivity contribution is -0.133. The summed E-state index contributed by atoms with van der Waals surface area (Å²) in [6.07, 6.45) is 0.619. The Balaban J connectivity index is 2.02. The molecule has 150 valence electrons. The number of carbonyl (C=O) groups excluding carboxylic acids is 2. The molecule has 8 heteroatoms. The highest BCUT2D eigenvalue weighted by Crippen LogP contribution is 2.19. The van der Waals surface area contributed by atoms with E-state index in [0.717, 1.165) is 17.8 Å². The minimum absolute atomic E-state index is 0.0524. The molecular weight excluding hydrogens is 371 g/mol. The summed E-state index contributed by atoms with van der Waals surface area (Å²) in [5.74, 6) is -5.47. The molecule has 0 fully saturated rings. The molecule has 5 nitrogen and oxygen atoms in total. The third-order valence-electron chi connectivity index (χ3n) is 4.06. The van der Waals surface area contributed by atoms with Crippen LogP contribution in [-0.4, -0.2) is 43.4 Å². The van der Waals surface area contributed by atoms with E-state index in [4.69, 9.17) is 0 Å². The Bertz CT molecular complexity index is 831. The highest BCUT2D eigenvalue weighted by atomic mass is 19.2. The van der Waals surface area contributed by atoms with E-state index >= 15 is 0 Å². The number of carbonyl (C=O) groups is 2. The van der Waals surface area contributed by atoms with Crippen molar-refractivity contribution in [2.45, 2.75) is 13.3 Å². The van der Waals surface area contributed by atoms with Gasteiger partial charge < -0.3 is 15.1 Å². The average molecular weight is 393 g/mol. The molecule has 0 aromatic heterocycles. The molecule has 0 aliphatic carbocycles. The molecule has 0 heterocycles. The Kier molecular flexibility index (Phi) is 7.43. The van der Waals surface area contributed by atoms with Crippen LogP contribution in [0.4, 0.5) is 24.5 Å². The number of para-hydroxylation sites is 1. The molecule has 0 radical (unpaired) electrons. The number of anilines is 2. The van der Waals surface area contributed by atoms with Crippen molar-refractivity contribution < 1.29 is 22.8 Å². The van der Waals surface area contributed by atoms with Crippen LogP contribution < -0.4 is 10.2 Å². The first-order valence-corrected chi connectivity index (χ1v) is 8.80. The van der Waals surface area contributed by atoms with Crippen LogP contribution in [0.25, 0.3) is 0 Å². The van der Waals surface area contributed by atoms with Crippen LogP contribution >= 0.6 is 0 Å². The molecule has 0 aliphatic heterocycles. The van der Waals surface area contributed by atoms with Crippen LogP contribution in [0, 0.1) is 17.5 Å². The number of benzene rings is 2. The predicted octanol–water partition coefficient (Wildman–Crippen LogP) is 3.42. The molecule has 2 aromatic carbocycles. The second-order valence-corrected chi connectivity index (χ2v) is 6.28. The maximum absolute atomic E-state index is 13.7. The first kappa shape index (κ1) is 21.3. The van der Waals surface area contributed by atoms with Gasteiger partial charge in [-0.15, -0.1) is 0 Å². The summed E-state index contributed by atoms with van der Waals surface area (Å²) in [5.41, 5.74) is 0.370. The second-order valence-electron chi connectivity index (χ2n) is 6.28. The quantitative estimate of drug-likeness (QED) is 0.700. The van der Waals surface area contributed by atoms with Gasteiger partial charge in [-0.25, -0.2) is 13.2 Å². The van der Waals surface area contributed by atoms with Crippen LogP contribution in [0.5, 0.6) is 0 Å². The summed E-state index contributed by atoms with van der Waals surface area (Å²) in [5, 5.41) is 2.18. The van der Waals surface area contributed by atoms with Crippen molar-refractivity contribution in [3.63, 3.8) is 0 Å². The fourth-order valence-corrected chi connectivity index (χ4v) is 2.62. The number of hydrogen-bond donors (Lipinski definition) is 1. The van der Waals surface area contributed by atoms with Crippen LogP contribution in [0.3, 0.4) is 0 Å². The van der Waals surface area contributed by atoms with Crippen molar-refractivity contribution in [2.24, 2.45) is 0 Å². The average Bonchev–Trinajstić information content (AvgIpc) is 2.68. The predicted molar refractivity (Wildman–Crippen MR) is 102 cm³/mol. The normalized spacial score (nSPS) is 10.5. The highest BCUT2D eigenvalue weighted by Gasteiger charge is 2.20. The topological polar surface area (TPSA) is 52.7 Å². The molecule has 0 saturated heterocycles. The van der Waals surface area contributed by atoms with Crippen LogP contribution in [0.2, 0.25) is 0 Å².